The van der Waals surface area contributed by atoms with Gasteiger partial charge in [0.05, 0.1) is 6.61 Å². The summed E-state index contributed by atoms with van der Waals surface area (Å²) in [4.78, 5) is 0. The summed E-state index contributed by atoms with van der Waals surface area (Å²) in [5, 5.41) is 0. The van der Waals surface area contributed by atoms with Crippen LogP contribution in [0, 0.1) is 0 Å². The van der Waals surface area contributed by atoms with Crippen LogP contribution in [0.3, 0.4) is 0 Å². The first-order valence-electron chi connectivity index (χ1n) is 4.79. The fourth-order valence-electron chi connectivity index (χ4n) is 1.39. The van der Waals surface area contributed by atoms with Crippen molar-refractivity contribution in [3.05, 3.63) is 35.4 Å². The van der Waals surface area contributed by atoms with Crippen LogP contribution in [0.4, 0.5) is 0 Å². The van der Waals surface area contributed by atoms with Crippen LogP contribution < -0.4 is 0 Å². The van der Waals surface area contributed by atoms with Crippen molar-refractivity contribution in [2.75, 3.05) is 20.5 Å². The molecule has 16 heavy (non-hydrogen) atoms. The lowest BCUT2D eigenvalue weighted by atomic mass is 10.1. The van der Waals surface area contributed by atoms with Crippen LogP contribution in [0.1, 0.15) is 17.4 Å². The molecule has 0 N–H and O–H groups in total. The number of benzene rings is 1. The maximum absolute atomic E-state index is 10.9. The molecule has 0 aromatic heterocycles. The second kappa shape index (κ2) is 6.75. The van der Waals surface area contributed by atoms with E-state index in [2.05, 4.69) is 0 Å². The maximum Gasteiger partial charge on any atom is 0.183 e. The van der Waals surface area contributed by atoms with E-state index in [1.807, 2.05) is 24.3 Å². The molecule has 1 aromatic rings. The van der Waals surface area contributed by atoms with Gasteiger partial charge in [0, 0.05) is 26.0 Å². The van der Waals surface area contributed by atoms with Gasteiger partial charge in [0.2, 0.25) is 0 Å². The van der Waals surface area contributed by atoms with Crippen molar-refractivity contribution in [3.8, 4) is 0 Å². The zero-order valence-corrected chi connectivity index (χ0v) is 10.5. The zero-order valence-electron chi connectivity index (χ0n) is 9.64. The first-order valence-corrected chi connectivity index (χ1v) is 6.27. The Kier molecular flexibility index (Phi) is 5.62. The first kappa shape index (κ1) is 13.3. The minimum Gasteiger partial charge on any atom is -0.352 e. The number of ether oxygens (including phenoxy) is 2. The van der Waals surface area contributed by atoms with Crippen LogP contribution in [-0.4, -0.2) is 24.7 Å². The Morgan fingerprint density at radius 1 is 1.25 bits per heavy atom. The molecule has 5 heteroatoms. The second-order valence-electron chi connectivity index (χ2n) is 3.17. The largest absolute Gasteiger partial charge is 0.352 e. The van der Waals surface area contributed by atoms with Gasteiger partial charge in [-0.25, -0.2) is 4.21 Å². The molecule has 1 aromatic carbocycles. The SMILES string of the molecule is COC(OC)c1ccccc1COS(C)=O. The Labute approximate surface area is 98.2 Å². The van der Waals surface area contributed by atoms with E-state index in [4.69, 9.17) is 13.7 Å². The zero-order chi connectivity index (χ0) is 12.0. The smallest absolute Gasteiger partial charge is 0.183 e. The molecule has 0 saturated heterocycles. The highest BCUT2D eigenvalue weighted by Gasteiger charge is 2.13. The lowest BCUT2D eigenvalue weighted by Gasteiger charge is -2.17. The lowest BCUT2D eigenvalue weighted by molar-refractivity contribution is -0.106. The van der Waals surface area contributed by atoms with Crippen molar-refractivity contribution < 1.29 is 17.9 Å². The van der Waals surface area contributed by atoms with E-state index in [0.29, 0.717) is 0 Å². The molecule has 0 spiro atoms. The Bertz CT molecular complexity index is 350. The van der Waals surface area contributed by atoms with E-state index < -0.39 is 17.4 Å². The van der Waals surface area contributed by atoms with Crippen molar-refractivity contribution in [1.29, 1.82) is 0 Å². The third-order valence-electron chi connectivity index (χ3n) is 2.12. The standard InChI is InChI=1S/C11H16O4S/c1-13-11(14-2)10-7-5-4-6-9(10)8-15-16(3)12/h4-7,11H,8H2,1-3H3. The number of hydrogen-bond donors (Lipinski definition) is 0. The predicted molar refractivity (Wildman–Crippen MR) is 62.1 cm³/mol. The highest BCUT2D eigenvalue weighted by Crippen LogP contribution is 2.22. The van der Waals surface area contributed by atoms with Crippen molar-refractivity contribution in [2.45, 2.75) is 12.9 Å². The quantitative estimate of drug-likeness (QED) is 0.716. The first-order chi connectivity index (χ1) is 7.69. The van der Waals surface area contributed by atoms with E-state index in [1.54, 1.807) is 14.2 Å². The Morgan fingerprint density at radius 3 is 2.44 bits per heavy atom. The molecule has 0 aliphatic carbocycles. The third kappa shape index (κ3) is 3.68. The van der Waals surface area contributed by atoms with Crippen LogP contribution in [0.2, 0.25) is 0 Å². The molecular formula is C11H16O4S. The van der Waals surface area contributed by atoms with E-state index in [0.717, 1.165) is 11.1 Å². The second-order valence-corrected chi connectivity index (χ2v) is 4.20. The number of hydrogen-bond acceptors (Lipinski definition) is 4. The molecule has 0 heterocycles. The van der Waals surface area contributed by atoms with Gasteiger partial charge in [-0.1, -0.05) is 24.3 Å². The van der Waals surface area contributed by atoms with Gasteiger partial charge in [0.1, 0.15) is 0 Å². The minimum atomic E-state index is -1.27. The van der Waals surface area contributed by atoms with E-state index in [1.165, 1.54) is 6.26 Å². The summed E-state index contributed by atoms with van der Waals surface area (Å²) in [5.74, 6) is 0. The number of methoxy groups -OCH3 is 2. The van der Waals surface area contributed by atoms with Gasteiger partial charge in [-0.05, 0) is 5.56 Å². The van der Waals surface area contributed by atoms with Crippen LogP contribution in [0.25, 0.3) is 0 Å². The third-order valence-corrected chi connectivity index (χ3v) is 2.57. The van der Waals surface area contributed by atoms with E-state index >= 15 is 0 Å². The molecule has 1 unspecified atom stereocenters. The summed E-state index contributed by atoms with van der Waals surface area (Å²) < 4.78 is 26.3. The monoisotopic (exact) mass is 244 g/mol. The van der Waals surface area contributed by atoms with Gasteiger partial charge in [0.25, 0.3) is 0 Å². The molecule has 1 rings (SSSR count). The van der Waals surface area contributed by atoms with Crippen LogP contribution in [0.5, 0.6) is 0 Å². The molecule has 0 aliphatic rings. The summed E-state index contributed by atoms with van der Waals surface area (Å²) in [6.45, 7) is 0.280. The Hall–Kier alpha value is -0.750. The Balaban J connectivity index is 2.86. The summed E-state index contributed by atoms with van der Waals surface area (Å²) in [6.07, 6.45) is 1.07. The molecule has 4 nitrogen and oxygen atoms in total. The minimum absolute atomic E-state index is 0.280. The van der Waals surface area contributed by atoms with Gasteiger partial charge < -0.3 is 9.47 Å². The highest BCUT2D eigenvalue weighted by molar-refractivity contribution is 7.79. The van der Waals surface area contributed by atoms with Crippen molar-refractivity contribution in [3.63, 3.8) is 0 Å². The Morgan fingerprint density at radius 2 is 1.88 bits per heavy atom. The fourth-order valence-corrected chi connectivity index (χ4v) is 1.69. The van der Waals surface area contributed by atoms with Gasteiger partial charge in [-0.3, -0.25) is 4.18 Å². The average Bonchev–Trinajstić information content (AvgIpc) is 2.29. The van der Waals surface area contributed by atoms with Gasteiger partial charge in [0.15, 0.2) is 17.4 Å². The van der Waals surface area contributed by atoms with Gasteiger partial charge in [-0.2, -0.15) is 0 Å². The van der Waals surface area contributed by atoms with Crippen molar-refractivity contribution >= 4 is 11.1 Å². The number of rotatable bonds is 6. The van der Waals surface area contributed by atoms with E-state index in [-0.39, 0.29) is 6.61 Å². The molecule has 0 fully saturated rings. The summed E-state index contributed by atoms with van der Waals surface area (Å²) in [7, 11) is 3.15. The van der Waals surface area contributed by atoms with Gasteiger partial charge in [-0.15, -0.1) is 0 Å². The molecule has 0 aliphatic heterocycles. The summed E-state index contributed by atoms with van der Waals surface area (Å²) in [6, 6.07) is 7.58. The fraction of sp³-hybridized carbons (Fsp3) is 0.455. The molecule has 0 bridgehead atoms. The normalized spacial score (nSPS) is 13.0. The molecule has 0 saturated carbocycles. The van der Waals surface area contributed by atoms with Gasteiger partial charge >= 0.3 is 0 Å². The highest BCUT2D eigenvalue weighted by atomic mass is 32.2. The molecular weight excluding hydrogens is 228 g/mol. The molecule has 0 radical (unpaired) electrons. The molecule has 0 amide bonds. The summed E-state index contributed by atoms with van der Waals surface area (Å²) in [5.41, 5.74) is 1.80. The molecule has 1 atom stereocenters. The van der Waals surface area contributed by atoms with Crippen LogP contribution in [0.15, 0.2) is 24.3 Å². The van der Waals surface area contributed by atoms with Crippen molar-refractivity contribution in [2.24, 2.45) is 0 Å². The van der Waals surface area contributed by atoms with Crippen LogP contribution in [-0.2, 0) is 31.3 Å². The van der Waals surface area contributed by atoms with E-state index in [9.17, 15) is 4.21 Å². The predicted octanol–water partition coefficient (Wildman–Crippen LogP) is 1.79. The van der Waals surface area contributed by atoms with Crippen LogP contribution >= 0.6 is 0 Å². The average molecular weight is 244 g/mol. The molecule has 90 valence electrons. The van der Waals surface area contributed by atoms with Crippen molar-refractivity contribution in [1.82, 2.24) is 0 Å². The maximum atomic E-state index is 10.9. The lowest BCUT2D eigenvalue weighted by Crippen LogP contribution is -2.08. The topological polar surface area (TPSA) is 44.8 Å². The summed E-state index contributed by atoms with van der Waals surface area (Å²) >= 11 is -1.27.